The summed E-state index contributed by atoms with van der Waals surface area (Å²) in [6, 6.07) is 24.9. The van der Waals surface area contributed by atoms with E-state index in [0.29, 0.717) is 0 Å². The Balaban J connectivity index is 0.00000127. The van der Waals surface area contributed by atoms with Crippen LogP contribution < -0.4 is 57.9 Å². The van der Waals surface area contributed by atoms with E-state index >= 15 is 0 Å². The lowest BCUT2D eigenvalue weighted by Crippen LogP contribution is -3.00. The minimum atomic E-state index is 0. The lowest BCUT2D eigenvalue weighted by Gasteiger charge is -2.06. The summed E-state index contributed by atoms with van der Waals surface area (Å²) in [6.07, 6.45) is 10.0. The Bertz CT molecular complexity index is 1830. The molecule has 0 aliphatic heterocycles. The van der Waals surface area contributed by atoms with Crippen LogP contribution in [0.15, 0.2) is 95.8 Å². The molecule has 3 aromatic heterocycles. The fourth-order valence-electron chi connectivity index (χ4n) is 4.94. The molecule has 0 saturated carbocycles. The lowest BCUT2D eigenvalue weighted by atomic mass is 9.94. The van der Waals surface area contributed by atoms with Gasteiger partial charge in [0.25, 0.3) is 0 Å². The highest BCUT2D eigenvalue weighted by atomic mass is 127. The molecule has 0 aliphatic rings. The van der Waals surface area contributed by atoms with E-state index in [-0.39, 0.29) is 48.0 Å². The van der Waals surface area contributed by atoms with Crippen LogP contribution >= 0.6 is 0 Å². The van der Waals surface area contributed by atoms with Gasteiger partial charge in [-0.3, -0.25) is 0 Å². The van der Waals surface area contributed by atoms with E-state index in [1.54, 1.807) is 6.20 Å². The summed E-state index contributed by atoms with van der Waals surface area (Å²) in [4.78, 5) is 11.2. The monoisotopic (exact) mass is 679 g/mol. The summed E-state index contributed by atoms with van der Waals surface area (Å²) >= 11 is 0. The average molecular weight is 679 g/mol. The number of aromatic nitrogens is 3. The van der Waals surface area contributed by atoms with Crippen LogP contribution in [0.5, 0.6) is 0 Å². The van der Waals surface area contributed by atoms with Crippen molar-refractivity contribution in [2.75, 3.05) is 0 Å². The SMILES string of the molecule is C(=C\c1ccc2oc3cccc4c5ccc[nH+]c5c1c2c34)/c1ccccc1-c1nccc[nH+]1.[I-].[I-]. The summed E-state index contributed by atoms with van der Waals surface area (Å²) in [5.41, 5.74) is 6.27. The fraction of sp³-hybridized carbons (Fsp3) is 0. The fourth-order valence-corrected chi connectivity index (χ4v) is 4.94. The number of H-pyrrole nitrogens is 2. The van der Waals surface area contributed by atoms with Gasteiger partial charge in [0, 0.05) is 28.3 Å². The summed E-state index contributed by atoms with van der Waals surface area (Å²) < 4.78 is 6.23. The van der Waals surface area contributed by atoms with Gasteiger partial charge in [-0.2, -0.15) is 0 Å². The van der Waals surface area contributed by atoms with Gasteiger partial charge >= 0.3 is 5.82 Å². The van der Waals surface area contributed by atoms with Crippen molar-refractivity contribution in [1.29, 1.82) is 0 Å². The van der Waals surface area contributed by atoms with Crippen LogP contribution in [0.1, 0.15) is 11.1 Å². The maximum atomic E-state index is 6.23. The zero-order chi connectivity index (χ0) is 21.8. The van der Waals surface area contributed by atoms with E-state index < -0.39 is 0 Å². The third kappa shape index (κ3) is 3.75. The molecular formula is C29H19I2N3O. The first-order valence-electron chi connectivity index (χ1n) is 11.0. The average Bonchev–Trinajstić information content (AvgIpc) is 3.27. The molecule has 3 heterocycles. The van der Waals surface area contributed by atoms with Crippen molar-refractivity contribution in [1.82, 2.24) is 4.98 Å². The summed E-state index contributed by atoms with van der Waals surface area (Å²) in [5, 5.41) is 5.95. The predicted octanol–water partition coefficient (Wildman–Crippen LogP) is 0.199. The molecule has 0 unspecified atom stereocenters. The van der Waals surface area contributed by atoms with Crippen LogP contribution in [-0.2, 0) is 0 Å². The van der Waals surface area contributed by atoms with E-state index in [0.717, 1.165) is 39.2 Å². The van der Waals surface area contributed by atoms with E-state index in [4.69, 9.17) is 4.42 Å². The molecular weight excluding hydrogens is 660 g/mol. The van der Waals surface area contributed by atoms with E-state index in [1.165, 1.54) is 26.9 Å². The Hall–Kier alpha value is -3.11. The number of aromatic amines is 2. The van der Waals surface area contributed by atoms with Gasteiger partial charge < -0.3 is 52.4 Å². The summed E-state index contributed by atoms with van der Waals surface area (Å²) in [5.74, 6) is 0.846. The van der Waals surface area contributed by atoms with Crippen molar-refractivity contribution in [3.8, 4) is 11.4 Å². The maximum absolute atomic E-state index is 6.23. The molecule has 0 fully saturated rings. The van der Waals surface area contributed by atoms with Gasteiger partial charge in [0.1, 0.15) is 17.4 Å². The molecule has 0 radical (unpaired) electrons. The number of pyridine rings is 1. The summed E-state index contributed by atoms with van der Waals surface area (Å²) in [6.45, 7) is 0. The van der Waals surface area contributed by atoms with Gasteiger partial charge in [0.05, 0.1) is 22.5 Å². The first-order valence-corrected chi connectivity index (χ1v) is 11.0. The first-order chi connectivity index (χ1) is 16.4. The number of fused-ring (bicyclic) bond motifs is 3. The highest BCUT2D eigenvalue weighted by Crippen LogP contribution is 2.42. The zero-order valence-electron chi connectivity index (χ0n) is 18.4. The molecule has 4 aromatic carbocycles. The van der Waals surface area contributed by atoms with Crippen LogP contribution in [0.25, 0.3) is 67.2 Å². The Kier molecular flexibility index (Phi) is 6.41. The molecule has 0 saturated heterocycles. The molecule has 4 nitrogen and oxygen atoms in total. The third-order valence-electron chi connectivity index (χ3n) is 6.36. The number of benzene rings is 4. The molecule has 170 valence electrons. The molecule has 2 N–H and O–H groups in total. The Labute approximate surface area is 235 Å². The maximum Gasteiger partial charge on any atom is 0.328 e. The standard InChI is InChI=1S/C29H17N3O.2HI/c1-2-7-20(29-31-16-5-17-32-29)18(6-1)11-12-19-13-14-24-27-25(19)28-22(9-4-15-30-28)21-8-3-10-23(33-24)26(21)27;;/h1-17H;2*1H/b12-11+;;. The van der Waals surface area contributed by atoms with Gasteiger partial charge in [-0.25, -0.2) is 9.97 Å². The second-order valence-electron chi connectivity index (χ2n) is 8.19. The molecule has 0 spiro atoms. The van der Waals surface area contributed by atoms with Crippen LogP contribution in [-0.4, -0.2) is 4.98 Å². The van der Waals surface area contributed by atoms with Gasteiger partial charge in [-0.05, 0) is 40.4 Å². The van der Waals surface area contributed by atoms with Crippen molar-refractivity contribution < 1.29 is 62.3 Å². The Morgan fingerprint density at radius 2 is 1.43 bits per heavy atom. The zero-order valence-corrected chi connectivity index (χ0v) is 22.7. The lowest BCUT2D eigenvalue weighted by molar-refractivity contribution is -0.368. The predicted molar refractivity (Wildman–Crippen MR) is 132 cm³/mol. The van der Waals surface area contributed by atoms with Crippen molar-refractivity contribution in [3.63, 3.8) is 0 Å². The molecule has 35 heavy (non-hydrogen) atoms. The number of nitrogens with one attached hydrogen (secondary N) is 2. The Morgan fingerprint density at radius 1 is 0.629 bits per heavy atom. The van der Waals surface area contributed by atoms with Gasteiger partial charge in [0.2, 0.25) is 5.52 Å². The van der Waals surface area contributed by atoms with Crippen LogP contribution in [0.3, 0.4) is 0 Å². The number of rotatable bonds is 3. The largest absolute Gasteiger partial charge is 1.00 e. The van der Waals surface area contributed by atoms with E-state index in [9.17, 15) is 0 Å². The van der Waals surface area contributed by atoms with E-state index in [2.05, 4.69) is 87.8 Å². The molecule has 0 aliphatic carbocycles. The van der Waals surface area contributed by atoms with Gasteiger partial charge in [0.15, 0.2) is 6.20 Å². The number of nitrogens with zero attached hydrogens (tertiary/aromatic N) is 1. The second kappa shape index (κ2) is 9.50. The van der Waals surface area contributed by atoms with Crippen molar-refractivity contribution in [2.24, 2.45) is 0 Å². The van der Waals surface area contributed by atoms with Gasteiger partial charge in [-0.1, -0.05) is 48.6 Å². The molecule has 6 heteroatoms. The number of halogens is 2. The molecule has 0 amide bonds. The topological polar surface area (TPSA) is 54.3 Å². The minimum absolute atomic E-state index is 0. The van der Waals surface area contributed by atoms with Crippen molar-refractivity contribution >= 4 is 55.8 Å². The smallest absolute Gasteiger partial charge is 0.328 e. The quantitative estimate of drug-likeness (QED) is 0.153. The highest BCUT2D eigenvalue weighted by molar-refractivity contribution is 6.32. The van der Waals surface area contributed by atoms with Gasteiger partial charge in [-0.15, -0.1) is 0 Å². The van der Waals surface area contributed by atoms with Crippen molar-refractivity contribution in [2.45, 2.75) is 0 Å². The normalized spacial score (nSPS) is 11.4. The number of hydrogen-bond donors (Lipinski definition) is 0. The Morgan fingerprint density at radius 3 is 2.31 bits per heavy atom. The minimum Gasteiger partial charge on any atom is -1.00 e. The van der Waals surface area contributed by atoms with Crippen LogP contribution in [0.2, 0.25) is 0 Å². The van der Waals surface area contributed by atoms with Crippen LogP contribution in [0.4, 0.5) is 0 Å². The molecule has 7 aromatic rings. The van der Waals surface area contributed by atoms with Crippen molar-refractivity contribution in [3.05, 3.63) is 103 Å². The summed E-state index contributed by atoms with van der Waals surface area (Å²) in [7, 11) is 0. The molecule has 0 atom stereocenters. The second-order valence-corrected chi connectivity index (χ2v) is 8.19. The third-order valence-corrected chi connectivity index (χ3v) is 6.36. The number of hydrogen-bond acceptors (Lipinski definition) is 2. The highest BCUT2D eigenvalue weighted by Gasteiger charge is 2.21. The van der Waals surface area contributed by atoms with E-state index in [1.807, 2.05) is 24.5 Å². The molecule has 7 rings (SSSR count). The number of furan rings is 1. The first kappa shape index (κ1) is 23.6. The van der Waals surface area contributed by atoms with Crippen LogP contribution in [0, 0.1) is 0 Å². The molecule has 0 bridgehead atoms.